The first-order chi connectivity index (χ1) is 9.47. The van der Waals surface area contributed by atoms with E-state index in [1.165, 1.54) is 0 Å². The molecule has 0 spiro atoms. The van der Waals surface area contributed by atoms with E-state index < -0.39 is 0 Å². The van der Waals surface area contributed by atoms with Gasteiger partial charge in [0.15, 0.2) is 0 Å². The smallest absolute Gasteiger partial charge is 0.236 e. The summed E-state index contributed by atoms with van der Waals surface area (Å²) in [5.41, 5.74) is 5.33. The zero-order chi connectivity index (χ0) is 15.1. The van der Waals surface area contributed by atoms with Gasteiger partial charge in [-0.3, -0.25) is 4.79 Å². The number of anilines is 2. The number of carbonyl (C=O) groups is 1. The molecule has 0 aliphatic heterocycles. The molecule has 0 fully saturated rings. The van der Waals surface area contributed by atoms with Crippen molar-refractivity contribution in [3.8, 4) is 0 Å². The molecule has 6 heteroatoms. The standard InChI is InChI=1S/C14H25N5O/c1-5-6-7-19(9-11(15)20)13-8-12(16-4)17-14(18-13)10(2)3/h8,10H,5-7,9H2,1-4H3,(H2,15,20)(H,16,17,18). The van der Waals surface area contributed by atoms with Crippen LogP contribution in [0, 0.1) is 0 Å². The highest BCUT2D eigenvalue weighted by atomic mass is 16.1. The quantitative estimate of drug-likeness (QED) is 0.757. The lowest BCUT2D eigenvalue weighted by Crippen LogP contribution is -2.35. The minimum atomic E-state index is -0.350. The summed E-state index contributed by atoms with van der Waals surface area (Å²) in [6, 6.07) is 1.85. The minimum Gasteiger partial charge on any atom is -0.373 e. The molecule has 112 valence electrons. The van der Waals surface area contributed by atoms with Crippen molar-refractivity contribution in [2.45, 2.75) is 39.5 Å². The number of amides is 1. The molecule has 1 rings (SSSR count). The molecule has 0 radical (unpaired) electrons. The van der Waals surface area contributed by atoms with Crippen LogP contribution in [0.25, 0.3) is 0 Å². The van der Waals surface area contributed by atoms with Gasteiger partial charge in [-0.2, -0.15) is 0 Å². The second-order valence-corrected chi connectivity index (χ2v) is 5.12. The maximum Gasteiger partial charge on any atom is 0.236 e. The summed E-state index contributed by atoms with van der Waals surface area (Å²) in [5, 5.41) is 3.03. The summed E-state index contributed by atoms with van der Waals surface area (Å²) >= 11 is 0. The van der Waals surface area contributed by atoms with Crippen molar-refractivity contribution >= 4 is 17.5 Å². The van der Waals surface area contributed by atoms with Crippen LogP contribution in [-0.2, 0) is 4.79 Å². The number of hydrogen-bond donors (Lipinski definition) is 2. The van der Waals surface area contributed by atoms with Gasteiger partial charge in [0, 0.05) is 25.6 Å². The minimum absolute atomic E-state index is 0.178. The Morgan fingerprint density at radius 1 is 1.45 bits per heavy atom. The van der Waals surface area contributed by atoms with Crippen LogP contribution < -0.4 is 16.0 Å². The first-order valence-electron chi connectivity index (χ1n) is 7.07. The molecule has 0 aromatic carbocycles. The SMILES string of the molecule is CCCCN(CC(N)=O)c1cc(NC)nc(C(C)C)n1. The molecule has 1 aromatic rings. The van der Waals surface area contributed by atoms with Crippen molar-refractivity contribution in [1.82, 2.24) is 9.97 Å². The molecule has 0 unspecified atom stereocenters. The number of unbranched alkanes of at least 4 members (excludes halogenated alkanes) is 1. The number of nitrogens with one attached hydrogen (secondary N) is 1. The van der Waals surface area contributed by atoms with Crippen molar-refractivity contribution in [2.24, 2.45) is 5.73 Å². The number of primary amides is 1. The third kappa shape index (κ3) is 4.68. The van der Waals surface area contributed by atoms with Crippen molar-refractivity contribution < 1.29 is 4.79 Å². The van der Waals surface area contributed by atoms with Crippen LogP contribution in [0.2, 0.25) is 0 Å². The zero-order valence-electron chi connectivity index (χ0n) is 12.8. The Balaban J connectivity index is 3.09. The van der Waals surface area contributed by atoms with Gasteiger partial charge >= 0.3 is 0 Å². The lowest BCUT2D eigenvalue weighted by molar-refractivity contribution is -0.116. The third-order valence-corrected chi connectivity index (χ3v) is 2.95. The molecule has 0 atom stereocenters. The van der Waals surface area contributed by atoms with Crippen LogP contribution in [0.15, 0.2) is 6.07 Å². The van der Waals surface area contributed by atoms with Gasteiger partial charge in [-0.05, 0) is 6.42 Å². The van der Waals surface area contributed by atoms with Gasteiger partial charge in [0.05, 0.1) is 6.54 Å². The molecule has 1 aromatic heterocycles. The van der Waals surface area contributed by atoms with Gasteiger partial charge in [-0.25, -0.2) is 9.97 Å². The lowest BCUT2D eigenvalue weighted by atomic mass is 10.2. The lowest BCUT2D eigenvalue weighted by Gasteiger charge is -2.23. The van der Waals surface area contributed by atoms with E-state index >= 15 is 0 Å². The second kappa shape index (κ2) is 7.67. The first-order valence-corrected chi connectivity index (χ1v) is 7.07. The van der Waals surface area contributed by atoms with Gasteiger partial charge in [0.25, 0.3) is 0 Å². The molecule has 6 nitrogen and oxygen atoms in total. The van der Waals surface area contributed by atoms with Gasteiger partial charge in [0.1, 0.15) is 17.5 Å². The zero-order valence-corrected chi connectivity index (χ0v) is 12.8. The van der Waals surface area contributed by atoms with Crippen LogP contribution >= 0.6 is 0 Å². The average Bonchev–Trinajstić information content (AvgIpc) is 2.42. The van der Waals surface area contributed by atoms with Gasteiger partial charge in [0.2, 0.25) is 5.91 Å². The van der Waals surface area contributed by atoms with Crippen molar-refractivity contribution in [3.05, 3.63) is 11.9 Å². The fraction of sp³-hybridized carbons (Fsp3) is 0.643. The molecule has 0 saturated heterocycles. The number of carbonyl (C=O) groups excluding carboxylic acids is 1. The second-order valence-electron chi connectivity index (χ2n) is 5.12. The molecular formula is C14H25N5O. The molecule has 0 aliphatic rings. The Labute approximate surface area is 120 Å². The average molecular weight is 279 g/mol. The molecule has 1 heterocycles. The van der Waals surface area contributed by atoms with Crippen LogP contribution in [0.4, 0.5) is 11.6 Å². The molecular weight excluding hydrogens is 254 g/mol. The summed E-state index contributed by atoms with van der Waals surface area (Å²) in [7, 11) is 1.82. The number of hydrogen-bond acceptors (Lipinski definition) is 5. The summed E-state index contributed by atoms with van der Waals surface area (Å²) in [6.45, 7) is 7.14. The van der Waals surface area contributed by atoms with E-state index in [-0.39, 0.29) is 18.4 Å². The van der Waals surface area contributed by atoms with E-state index in [1.807, 2.05) is 31.9 Å². The number of nitrogens with two attached hydrogens (primary N) is 1. The highest BCUT2D eigenvalue weighted by Crippen LogP contribution is 2.20. The van der Waals surface area contributed by atoms with E-state index in [0.717, 1.165) is 36.8 Å². The van der Waals surface area contributed by atoms with Gasteiger partial charge < -0.3 is 16.0 Å². The maximum absolute atomic E-state index is 11.2. The monoisotopic (exact) mass is 279 g/mol. The Morgan fingerprint density at radius 2 is 2.15 bits per heavy atom. The van der Waals surface area contributed by atoms with E-state index in [2.05, 4.69) is 22.2 Å². The Hall–Kier alpha value is -1.85. The largest absolute Gasteiger partial charge is 0.373 e. The highest BCUT2D eigenvalue weighted by Gasteiger charge is 2.14. The molecule has 0 aliphatic carbocycles. The molecule has 0 bridgehead atoms. The van der Waals surface area contributed by atoms with Crippen molar-refractivity contribution in [2.75, 3.05) is 30.4 Å². The van der Waals surface area contributed by atoms with E-state index in [9.17, 15) is 4.79 Å². The third-order valence-electron chi connectivity index (χ3n) is 2.95. The maximum atomic E-state index is 11.2. The van der Waals surface area contributed by atoms with Crippen molar-refractivity contribution in [1.29, 1.82) is 0 Å². The number of nitrogens with zero attached hydrogens (tertiary/aromatic N) is 3. The molecule has 20 heavy (non-hydrogen) atoms. The number of rotatable bonds is 8. The van der Waals surface area contributed by atoms with E-state index in [0.29, 0.717) is 0 Å². The summed E-state index contributed by atoms with van der Waals surface area (Å²) in [5.74, 6) is 2.14. The van der Waals surface area contributed by atoms with Crippen LogP contribution in [0.5, 0.6) is 0 Å². The Morgan fingerprint density at radius 3 is 2.65 bits per heavy atom. The Kier molecular flexibility index (Phi) is 6.21. The van der Waals surface area contributed by atoms with Crippen LogP contribution in [0.1, 0.15) is 45.4 Å². The summed E-state index contributed by atoms with van der Waals surface area (Å²) < 4.78 is 0. The fourth-order valence-electron chi connectivity index (χ4n) is 1.81. The summed E-state index contributed by atoms with van der Waals surface area (Å²) in [4.78, 5) is 22.1. The van der Waals surface area contributed by atoms with Gasteiger partial charge in [-0.1, -0.05) is 27.2 Å². The Bertz CT molecular complexity index is 447. The predicted molar refractivity (Wildman–Crippen MR) is 82.0 cm³/mol. The molecule has 0 saturated carbocycles. The van der Waals surface area contributed by atoms with Gasteiger partial charge in [-0.15, -0.1) is 0 Å². The predicted octanol–water partition coefficient (Wildman–Crippen LogP) is 1.73. The normalized spacial score (nSPS) is 10.7. The van der Waals surface area contributed by atoms with E-state index in [1.54, 1.807) is 0 Å². The fourth-order valence-corrected chi connectivity index (χ4v) is 1.81. The molecule has 3 N–H and O–H groups in total. The highest BCUT2D eigenvalue weighted by molar-refractivity contribution is 5.79. The van der Waals surface area contributed by atoms with E-state index in [4.69, 9.17) is 5.73 Å². The number of aromatic nitrogens is 2. The van der Waals surface area contributed by atoms with Crippen LogP contribution in [0.3, 0.4) is 0 Å². The first kappa shape index (κ1) is 16.2. The van der Waals surface area contributed by atoms with Crippen molar-refractivity contribution in [3.63, 3.8) is 0 Å². The molecule has 1 amide bonds. The summed E-state index contributed by atoms with van der Waals surface area (Å²) in [6.07, 6.45) is 2.04. The topological polar surface area (TPSA) is 84.1 Å². The van der Waals surface area contributed by atoms with Crippen LogP contribution in [-0.4, -0.2) is 36.0 Å².